The lowest BCUT2D eigenvalue weighted by Crippen LogP contribution is -1.82. The molecule has 3 nitrogen and oxygen atoms in total. The number of nitrogens with zero attached hydrogens (tertiary/aromatic N) is 1. The minimum atomic E-state index is -0.981. The SMILES string of the molecule is C=CC(=O)O.Cc1cccnc1. The molecular formula is C9H11NO2. The summed E-state index contributed by atoms with van der Waals surface area (Å²) in [6, 6.07) is 3.95. The van der Waals surface area contributed by atoms with Crippen LogP contribution in [-0.2, 0) is 4.79 Å². The van der Waals surface area contributed by atoms with Gasteiger partial charge < -0.3 is 5.11 Å². The van der Waals surface area contributed by atoms with Gasteiger partial charge in [-0.25, -0.2) is 4.79 Å². The van der Waals surface area contributed by atoms with Gasteiger partial charge in [0.25, 0.3) is 0 Å². The Morgan fingerprint density at radius 1 is 1.75 bits per heavy atom. The molecule has 1 N–H and O–H groups in total. The lowest BCUT2D eigenvalue weighted by atomic mass is 10.3. The van der Waals surface area contributed by atoms with Gasteiger partial charge in [-0.05, 0) is 18.6 Å². The lowest BCUT2D eigenvalue weighted by molar-refractivity contribution is -0.131. The molecule has 1 rings (SSSR count). The molecule has 1 aromatic rings. The zero-order valence-electron chi connectivity index (χ0n) is 6.90. The number of aromatic nitrogens is 1. The summed E-state index contributed by atoms with van der Waals surface area (Å²) in [6.45, 7) is 4.98. The minimum absolute atomic E-state index is 0.833. The third-order valence-corrected chi connectivity index (χ3v) is 0.984. The van der Waals surface area contributed by atoms with E-state index in [0.717, 1.165) is 6.08 Å². The maximum Gasteiger partial charge on any atom is 0.327 e. The smallest absolute Gasteiger partial charge is 0.327 e. The molecule has 64 valence electrons. The van der Waals surface area contributed by atoms with Gasteiger partial charge in [0.15, 0.2) is 0 Å². The van der Waals surface area contributed by atoms with E-state index in [-0.39, 0.29) is 0 Å². The van der Waals surface area contributed by atoms with Crippen molar-refractivity contribution in [1.29, 1.82) is 0 Å². The van der Waals surface area contributed by atoms with E-state index in [2.05, 4.69) is 11.6 Å². The fourth-order valence-corrected chi connectivity index (χ4v) is 0.448. The Morgan fingerprint density at radius 3 is 2.50 bits per heavy atom. The van der Waals surface area contributed by atoms with Crippen molar-refractivity contribution in [2.75, 3.05) is 0 Å². The van der Waals surface area contributed by atoms with Crippen LogP contribution >= 0.6 is 0 Å². The molecule has 1 heterocycles. The second kappa shape index (κ2) is 6.09. The van der Waals surface area contributed by atoms with E-state index < -0.39 is 5.97 Å². The number of hydrogen-bond acceptors (Lipinski definition) is 2. The normalized spacial score (nSPS) is 7.75. The van der Waals surface area contributed by atoms with E-state index in [1.807, 2.05) is 25.3 Å². The Morgan fingerprint density at radius 2 is 2.33 bits per heavy atom. The van der Waals surface area contributed by atoms with Crippen LogP contribution in [0.5, 0.6) is 0 Å². The van der Waals surface area contributed by atoms with Crippen molar-refractivity contribution in [2.24, 2.45) is 0 Å². The Hall–Kier alpha value is -1.64. The summed E-state index contributed by atoms with van der Waals surface area (Å²) in [5.41, 5.74) is 1.21. The molecular weight excluding hydrogens is 154 g/mol. The molecule has 1 aromatic heterocycles. The van der Waals surface area contributed by atoms with Gasteiger partial charge in [0.2, 0.25) is 0 Å². The van der Waals surface area contributed by atoms with Crippen molar-refractivity contribution >= 4 is 5.97 Å². The first-order valence-corrected chi connectivity index (χ1v) is 3.39. The topological polar surface area (TPSA) is 50.2 Å². The molecule has 0 aliphatic carbocycles. The molecule has 0 spiro atoms. The molecule has 0 saturated heterocycles. The molecule has 3 heteroatoms. The highest BCUT2D eigenvalue weighted by Gasteiger charge is 1.73. The number of carbonyl (C=O) groups is 1. The largest absolute Gasteiger partial charge is 0.478 e. The van der Waals surface area contributed by atoms with Crippen LogP contribution in [-0.4, -0.2) is 16.1 Å². The summed E-state index contributed by atoms with van der Waals surface area (Å²) in [5.74, 6) is -0.981. The second-order valence-electron chi connectivity index (χ2n) is 2.07. The molecule has 0 bridgehead atoms. The number of carboxylic acid groups (broad SMARTS) is 1. The maximum atomic E-state index is 9.25. The first-order valence-electron chi connectivity index (χ1n) is 3.39. The van der Waals surface area contributed by atoms with Crippen molar-refractivity contribution in [2.45, 2.75) is 6.92 Å². The molecule has 0 amide bonds. The van der Waals surface area contributed by atoms with Gasteiger partial charge in [-0.3, -0.25) is 4.98 Å². The standard InChI is InChI=1S/C6H7N.C3H4O2/c1-6-3-2-4-7-5-6;1-2-3(4)5/h2-5H,1H3;2H,1H2,(H,4,5). The fourth-order valence-electron chi connectivity index (χ4n) is 0.448. The van der Waals surface area contributed by atoms with Crippen LogP contribution in [0.4, 0.5) is 0 Å². The summed E-state index contributed by atoms with van der Waals surface area (Å²) >= 11 is 0. The molecule has 0 radical (unpaired) electrons. The highest BCUT2D eigenvalue weighted by molar-refractivity contribution is 5.78. The van der Waals surface area contributed by atoms with E-state index in [4.69, 9.17) is 5.11 Å². The van der Waals surface area contributed by atoms with Gasteiger partial charge in [0.05, 0.1) is 0 Å². The Labute approximate surface area is 71.4 Å². The summed E-state index contributed by atoms with van der Waals surface area (Å²) in [5, 5.41) is 7.60. The van der Waals surface area contributed by atoms with Crippen molar-refractivity contribution in [1.82, 2.24) is 4.98 Å². The van der Waals surface area contributed by atoms with Crippen molar-refractivity contribution in [3.8, 4) is 0 Å². The van der Waals surface area contributed by atoms with Crippen LogP contribution in [0.25, 0.3) is 0 Å². The maximum absolute atomic E-state index is 9.25. The second-order valence-corrected chi connectivity index (χ2v) is 2.07. The fraction of sp³-hybridized carbons (Fsp3) is 0.111. The van der Waals surface area contributed by atoms with Crippen LogP contribution < -0.4 is 0 Å². The van der Waals surface area contributed by atoms with Crippen LogP contribution in [0, 0.1) is 6.92 Å². The van der Waals surface area contributed by atoms with Crippen molar-refractivity contribution in [3.63, 3.8) is 0 Å². The summed E-state index contributed by atoms with van der Waals surface area (Å²) in [6.07, 6.45) is 4.44. The monoisotopic (exact) mass is 165 g/mol. The highest BCUT2D eigenvalue weighted by Crippen LogP contribution is 1.88. The summed E-state index contributed by atoms with van der Waals surface area (Å²) in [7, 11) is 0. The van der Waals surface area contributed by atoms with E-state index >= 15 is 0 Å². The number of aryl methyl sites for hydroxylation is 1. The van der Waals surface area contributed by atoms with Crippen molar-refractivity contribution < 1.29 is 9.90 Å². The molecule has 0 atom stereocenters. The Bertz CT molecular complexity index is 244. The summed E-state index contributed by atoms with van der Waals surface area (Å²) in [4.78, 5) is 13.1. The van der Waals surface area contributed by atoms with Gasteiger partial charge in [0.1, 0.15) is 0 Å². The third-order valence-electron chi connectivity index (χ3n) is 0.984. The molecule has 0 aliphatic heterocycles. The number of rotatable bonds is 1. The third kappa shape index (κ3) is 6.48. The number of hydrogen-bond donors (Lipinski definition) is 1. The van der Waals surface area contributed by atoms with Gasteiger partial charge >= 0.3 is 5.97 Å². The number of carboxylic acids is 1. The molecule has 0 aromatic carbocycles. The highest BCUT2D eigenvalue weighted by atomic mass is 16.4. The number of aliphatic carboxylic acids is 1. The molecule has 0 saturated carbocycles. The van der Waals surface area contributed by atoms with E-state index in [1.54, 1.807) is 6.20 Å². The minimum Gasteiger partial charge on any atom is -0.478 e. The zero-order valence-corrected chi connectivity index (χ0v) is 6.90. The Balaban J connectivity index is 0.000000217. The predicted octanol–water partition coefficient (Wildman–Crippen LogP) is 1.65. The zero-order chi connectivity index (χ0) is 9.40. The Kier molecular flexibility index (Phi) is 5.26. The van der Waals surface area contributed by atoms with Crippen molar-refractivity contribution in [3.05, 3.63) is 42.7 Å². The average Bonchev–Trinajstić information content (AvgIpc) is 2.07. The first kappa shape index (κ1) is 10.4. The van der Waals surface area contributed by atoms with Gasteiger partial charge in [-0.1, -0.05) is 12.6 Å². The van der Waals surface area contributed by atoms with E-state index in [1.165, 1.54) is 5.56 Å². The number of pyridine rings is 1. The predicted molar refractivity (Wildman–Crippen MR) is 46.8 cm³/mol. The molecule has 0 fully saturated rings. The quantitative estimate of drug-likeness (QED) is 0.643. The van der Waals surface area contributed by atoms with Gasteiger partial charge in [0, 0.05) is 18.5 Å². The van der Waals surface area contributed by atoms with Crippen LogP contribution in [0.3, 0.4) is 0 Å². The van der Waals surface area contributed by atoms with E-state index in [9.17, 15) is 4.79 Å². The lowest BCUT2D eigenvalue weighted by Gasteiger charge is -1.82. The molecule has 0 aliphatic rings. The van der Waals surface area contributed by atoms with Crippen LogP contribution in [0.15, 0.2) is 37.2 Å². The van der Waals surface area contributed by atoms with Gasteiger partial charge in [-0.15, -0.1) is 0 Å². The van der Waals surface area contributed by atoms with Crippen LogP contribution in [0.2, 0.25) is 0 Å². The van der Waals surface area contributed by atoms with E-state index in [0.29, 0.717) is 0 Å². The molecule has 0 unspecified atom stereocenters. The van der Waals surface area contributed by atoms with Crippen LogP contribution in [0.1, 0.15) is 5.56 Å². The first-order chi connectivity index (χ1) is 5.66. The van der Waals surface area contributed by atoms with Gasteiger partial charge in [-0.2, -0.15) is 0 Å². The average molecular weight is 165 g/mol. The summed E-state index contributed by atoms with van der Waals surface area (Å²) < 4.78 is 0. The molecule has 12 heavy (non-hydrogen) atoms.